The predicted octanol–water partition coefficient (Wildman–Crippen LogP) is -0.177. The highest BCUT2D eigenvalue weighted by Gasteiger charge is 2.22. The first-order chi connectivity index (χ1) is 11.0. The molecule has 1 aromatic heterocycles. The fourth-order valence-electron chi connectivity index (χ4n) is 1.74. The summed E-state index contributed by atoms with van der Waals surface area (Å²) < 4.78 is 0. The SMILES string of the molecule is CO/N=C(\C(=O)NCC1NC(C(=O)O)=CCS1)c1csc(N)n1. The highest BCUT2D eigenvalue weighted by atomic mass is 32.2. The Bertz CT molecular complexity index is 658. The van der Waals surface area contributed by atoms with Crippen LogP contribution in [0.25, 0.3) is 0 Å². The molecule has 124 valence electrons. The number of nitrogens with one attached hydrogen (secondary N) is 2. The molecule has 1 aliphatic heterocycles. The lowest BCUT2D eigenvalue weighted by molar-refractivity contribution is -0.133. The van der Waals surface area contributed by atoms with Crippen molar-refractivity contribution in [2.75, 3.05) is 25.1 Å². The molecule has 11 heteroatoms. The fraction of sp³-hybridized carbons (Fsp3) is 0.333. The number of carbonyl (C=O) groups excluding carboxylic acids is 1. The van der Waals surface area contributed by atoms with E-state index in [0.29, 0.717) is 16.6 Å². The number of amides is 1. The maximum atomic E-state index is 12.2. The minimum atomic E-state index is -1.03. The van der Waals surface area contributed by atoms with Gasteiger partial charge in [0.1, 0.15) is 18.5 Å². The van der Waals surface area contributed by atoms with Crippen molar-refractivity contribution in [2.24, 2.45) is 5.16 Å². The van der Waals surface area contributed by atoms with Crippen molar-refractivity contribution in [2.45, 2.75) is 5.37 Å². The molecule has 23 heavy (non-hydrogen) atoms. The second kappa shape index (κ2) is 7.83. The molecule has 0 saturated carbocycles. The zero-order chi connectivity index (χ0) is 16.8. The van der Waals surface area contributed by atoms with Crippen molar-refractivity contribution < 1.29 is 19.5 Å². The Morgan fingerprint density at radius 3 is 3.04 bits per heavy atom. The average Bonchev–Trinajstić information content (AvgIpc) is 2.96. The molecular formula is C12H15N5O4S2. The Labute approximate surface area is 140 Å². The average molecular weight is 357 g/mol. The van der Waals surface area contributed by atoms with Crippen molar-refractivity contribution in [3.63, 3.8) is 0 Å². The highest BCUT2D eigenvalue weighted by Crippen LogP contribution is 2.16. The quantitative estimate of drug-likeness (QED) is 0.406. The van der Waals surface area contributed by atoms with Gasteiger partial charge in [-0.2, -0.15) is 0 Å². The first-order valence-corrected chi connectivity index (χ1v) is 8.36. The van der Waals surface area contributed by atoms with Gasteiger partial charge < -0.3 is 26.3 Å². The number of aliphatic carboxylic acids is 1. The van der Waals surface area contributed by atoms with Gasteiger partial charge in [-0.1, -0.05) is 5.16 Å². The maximum absolute atomic E-state index is 12.2. The molecule has 0 saturated heterocycles. The molecule has 0 spiro atoms. The maximum Gasteiger partial charge on any atom is 0.351 e. The summed E-state index contributed by atoms with van der Waals surface area (Å²) in [5.74, 6) is -0.955. The summed E-state index contributed by atoms with van der Waals surface area (Å²) in [6.45, 7) is 0.219. The van der Waals surface area contributed by atoms with Crippen molar-refractivity contribution >= 4 is 45.8 Å². The van der Waals surface area contributed by atoms with Crippen molar-refractivity contribution in [3.05, 3.63) is 22.8 Å². The number of carboxylic acid groups (broad SMARTS) is 1. The van der Waals surface area contributed by atoms with Gasteiger partial charge in [0.25, 0.3) is 5.91 Å². The van der Waals surface area contributed by atoms with Crippen LogP contribution in [0.5, 0.6) is 0 Å². The number of carbonyl (C=O) groups is 2. The molecule has 1 aromatic rings. The molecule has 0 fully saturated rings. The predicted molar refractivity (Wildman–Crippen MR) is 88.2 cm³/mol. The summed E-state index contributed by atoms with van der Waals surface area (Å²) in [4.78, 5) is 31.8. The molecule has 0 aromatic carbocycles. The molecule has 9 nitrogen and oxygen atoms in total. The van der Waals surface area contributed by atoms with E-state index in [1.807, 2.05) is 0 Å². The Morgan fingerprint density at radius 1 is 1.65 bits per heavy atom. The van der Waals surface area contributed by atoms with E-state index in [-0.39, 0.29) is 23.3 Å². The van der Waals surface area contributed by atoms with Crippen LogP contribution in [0.3, 0.4) is 0 Å². The van der Waals surface area contributed by atoms with Crippen LogP contribution in [0.4, 0.5) is 5.13 Å². The number of rotatable bonds is 6. The van der Waals surface area contributed by atoms with Crippen LogP contribution < -0.4 is 16.4 Å². The van der Waals surface area contributed by atoms with Crippen LogP contribution in [-0.4, -0.2) is 52.5 Å². The number of hydrogen-bond donors (Lipinski definition) is 4. The third kappa shape index (κ3) is 4.60. The minimum Gasteiger partial charge on any atom is -0.477 e. The van der Waals surface area contributed by atoms with Crippen LogP contribution >= 0.6 is 23.1 Å². The first-order valence-electron chi connectivity index (χ1n) is 6.43. The smallest absolute Gasteiger partial charge is 0.351 e. The number of oxime groups is 1. The first kappa shape index (κ1) is 17.1. The molecular weight excluding hydrogens is 342 g/mol. The molecule has 0 aliphatic carbocycles. The number of aromatic nitrogens is 1. The van der Waals surface area contributed by atoms with Crippen molar-refractivity contribution in [1.29, 1.82) is 0 Å². The van der Waals surface area contributed by atoms with Gasteiger partial charge in [-0.15, -0.1) is 23.1 Å². The lowest BCUT2D eigenvalue weighted by Gasteiger charge is -2.23. The van der Waals surface area contributed by atoms with E-state index >= 15 is 0 Å². The second-order valence-corrected chi connectivity index (χ2v) is 6.42. The minimum absolute atomic E-state index is 0.00950. The van der Waals surface area contributed by atoms with E-state index in [9.17, 15) is 9.59 Å². The van der Waals surface area contributed by atoms with Crippen LogP contribution in [0.15, 0.2) is 22.3 Å². The number of nitrogens with zero attached hydrogens (tertiary/aromatic N) is 2. The number of thioether (sulfide) groups is 1. The summed E-state index contributed by atoms with van der Waals surface area (Å²) in [7, 11) is 1.32. The number of thiazole rings is 1. The number of hydrogen-bond acceptors (Lipinski definition) is 9. The van der Waals surface area contributed by atoms with E-state index in [4.69, 9.17) is 10.8 Å². The molecule has 2 rings (SSSR count). The van der Waals surface area contributed by atoms with E-state index < -0.39 is 11.9 Å². The third-order valence-electron chi connectivity index (χ3n) is 2.74. The van der Waals surface area contributed by atoms with Crippen molar-refractivity contribution in [1.82, 2.24) is 15.6 Å². The molecule has 5 N–H and O–H groups in total. The molecule has 0 bridgehead atoms. The van der Waals surface area contributed by atoms with Crippen molar-refractivity contribution in [3.8, 4) is 0 Å². The number of nitrogen functional groups attached to an aromatic ring is 1. The van der Waals surface area contributed by atoms with Crippen LogP contribution in [0.1, 0.15) is 5.69 Å². The summed E-state index contributed by atoms with van der Waals surface area (Å²) in [5, 5.41) is 19.8. The van der Waals surface area contributed by atoms with Gasteiger partial charge in [-0.05, 0) is 6.08 Å². The standard InChI is InChI=1S/C12H15N5O4S2/c1-21-17-9(7-5-23-12(13)16-7)10(18)14-4-8-15-6(11(19)20)2-3-22-8/h2,5,8,15H,3-4H2,1H3,(H2,13,16)(H,14,18)(H,19,20)/b17-9-. The fourth-order valence-corrected chi connectivity index (χ4v) is 3.20. The Morgan fingerprint density at radius 2 is 2.43 bits per heavy atom. The van der Waals surface area contributed by atoms with Crippen LogP contribution in [0, 0.1) is 0 Å². The highest BCUT2D eigenvalue weighted by molar-refractivity contribution is 8.00. The summed E-state index contributed by atoms with van der Waals surface area (Å²) in [6.07, 6.45) is 1.58. The van der Waals surface area contributed by atoms with E-state index in [1.54, 1.807) is 11.5 Å². The lowest BCUT2D eigenvalue weighted by atomic mass is 10.3. The van der Waals surface area contributed by atoms with Gasteiger partial charge in [0, 0.05) is 17.7 Å². The van der Waals surface area contributed by atoms with Crippen LogP contribution in [-0.2, 0) is 14.4 Å². The lowest BCUT2D eigenvalue weighted by Crippen LogP contribution is -2.43. The third-order valence-corrected chi connectivity index (χ3v) is 4.46. The van der Waals surface area contributed by atoms with Gasteiger partial charge in [0.2, 0.25) is 0 Å². The Kier molecular flexibility index (Phi) is 5.82. The topological polar surface area (TPSA) is 139 Å². The summed E-state index contributed by atoms with van der Waals surface area (Å²) >= 11 is 2.67. The summed E-state index contributed by atoms with van der Waals surface area (Å²) in [5.41, 5.74) is 6.01. The normalized spacial score (nSPS) is 17.9. The molecule has 1 aliphatic rings. The Hall–Kier alpha value is -2.27. The van der Waals surface area contributed by atoms with Gasteiger partial charge in [-0.3, -0.25) is 4.79 Å². The van der Waals surface area contributed by atoms with E-state index in [2.05, 4.69) is 25.6 Å². The molecule has 0 radical (unpaired) electrons. The van der Waals surface area contributed by atoms with E-state index in [0.717, 1.165) is 0 Å². The zero-order valence-corrected chi connectivity index (χ0v) is 13.7. The van der Waals surface area contributed by atoms with E-state index in [1.165, 1.54) is 30.2 Å². The Balaban J connectivity index is 1.96. The molecule has 2 heterocycles. The van der Waals surface area contributed by atoms with Gasteiger partial charge in [0.15, 0.2) is 10.8 Å². The second-order valence-electron chi connectivity index (χ2n) is 4.29. The number of carboxylic acids is 1. The van der Waals surface area contributed by atoms with Gasteiger partial charge in [0.05, 0.1) is 5.37 Å². The number of anilines is 1. The molecule has 1 atom stereocenters. The van der Waals surface area contributed by atoms with Gasteiger partial charge in [-0.25, -0.2) is 9.78 Å². The largest absolute Gasteiger partial charge is 0.477 e. The molecule has 1 unspecified atom stereocenters. The summed E-state index contributed by atoms with van der Waals surface area (Å²) in [6, 6.07) is 0. The van der Waals surface area contributed by atoms with Crippen LogP contribution in [0.2, 0.25) is 0 Å². The van der Waals surface area contributed by atoms with Gasteiger partial charge >= 0.3 is 5.97 Å². The monoisotopic (exact) mass is 357 g/mol. The number of nitrogens with two attached hydrogens (primary N) is 1. The molecule has 1 amide bonds. The zero-order valence-electron chi connectivity index (χ0n) is 12.1.